The lowest BCUT2D eigenvalue weighted by Gasteiger charge is -1.99. The molecule has 0 aliphatic carbocycles. The molecule has 0 aromatic carbocycles. The van der Waals surface area contributed by atoms with Gasteiger partial charge in [0.1, 0.15) is 4.32 Å². The predicted octanol–water partition coefficient (Wildman–Crippen LogP) is -0.840. The van der Waals surface area contributed by atoms with Gasteiger partial charge >= 0.3 is 0 Å². The molecule has 0 aliphatic rings. The smallest absolute Gasteiger partial charge is 0.133 e. The number of thiocarbonyl (C=S) groups is 1. The average Bonchev–Trinajstić information content (AvgIpc) is 1.68. The van der Waals surface area contributed by atoms with E-state index in [1.54, 1.807) is 11.8 Å². The van der Waals surface area contributed by atoms with E-state index in [1.807, 2.05) is 6.92 Å². The van der Waals surface area contributed by atoms with Gasteiger partial charge in [-0.05, 0) is 12.7 Å². The minimum atomic E-state index is 0. The molecule has 0 saturated carbocycles. The lowest BCUT2D eigenvalue weighted by molar-refractivity contribution is 0.823. The summed E-state index contributed by atoms with van der Waals surface area (Å²) in [5.41, 5.74) is 0. The molecule has 0 aliphatic heterocycles. The number of hydrogen-bond acceptors (Lipinski definition) is 2. The Kier molecular flexibility index (Phi) is 33.9. The Morgan fingerprint density at radius 2 is 1.73 bits per heavy atom. The van der Waals surface area contributed by atoms with Crippen LogP contribution < -0.4 is 5.32 Å². The van der Waals surface area contributed by atoms with Gasteiger partial charge in [-0.3, -0.25) is 0 Å². The van der Waals surface area contributed by atoms with Gasteiger partial charge in [0.25, 0.3) is 0 Å². The van der Waals surface area contributed by atoms with Crippen LogP contribution in [-0.2, 0) is 0 Å². The highest BCUT2D eigenvalue weighted by Gasteiger charge is 1.88. The van der Waals surface area contributed by atoms with E-state index in [1.165, 1.54) is 0 Å². The van der Waals surface area contributed by atoms with E-state index in [0.717, 1.165) is 16.6 Å². The normalized spacial score (nSPS) is 6.36. The molecular formula is C5H17NO3S2. The van der Waals surface area contributed by atoms with Gasteiger partial charge < -0.3 is 21.7 Å². The number of thioether (sulfide) groups is 1. The average molecular weight is 203 g/mol. The van der Waals surface area contributed by atoms with E-state index < -0.39 is 0 Å². The maximum atomic E-state index is 4.90. The van der Waals surface area contributed by atoms with Crippen molar-refractivity contribution in [3.8, 4) is 0 Å². The largest absolute Gasteiger partial charge is 0.412 e. The highest BCUT2D eigenvalue weighted by Crippen LogP contribution is 1.98. The van der Waals surface area contributed by atoms with Crippen LogP contribution in [0.4, 0.5) is 0 Å². The summed E-state index contributed by atoms with van der Waals surface area (Å²) in [6.07, 6.45) is 0. The van der Waals surface area contributed by atoms with E-state index >= 15 is 0 Å². The lowest BCUT2D eigenvalue weighted by atomic mass is 10.8. The van der Waals surface area contributed by atoms with Crippen molar-refractivity contribution in [1.29, 1.82) is 0 Å². The standard InChI is InChI=1S/C5H11NS2.3H2O/c1-3-6-5(7)8-4-2;;;/h3-4H2,1-2H3,(H,6,7);3*1H2. The second kappa shape index (κ2) is 16.6. The Hall–Kier alpha value is 0.120. The van der Waals surface area contributed by atoms with E-state index in [2.05, 4.69) is 12.2 Å². The van der Waals surface area contributed by atoms with Crippen molar-refractivity contribution in [3.05, 3.63) is 0 Å². The third-order valence-corrected chi connectivity index (χ3v) is 1.79. The van der Waals surface area contributed by atoms with Crippen LogP contribution in [0.1, 0.15) is 13.8 Å². The van der Waals surface area contributed by atoms with Crippen molar-refractivity contribution in [1.82, 2.24) is 5.32 Å². The molecule has 0 aromatic rings. The van der Waals surface area contributed by atoms with Crippen molar-refractivity contribution < 1.29 is 16.4 Å². The molecule has 0 bridgehead atoms. The van der Waals surface area contributed by atoms with Gasteiger partial charge in [-0.15, -0.1) is 0 Å². The third-order valence-electron chi connectivity index (χ3n) is 0.597. The monoisotopic (exact) mass is 203 g/mol. The molecule has 0 heterocycles. The Morgan fingerprint density at radius 3 is 2.00 bits per heavy atom. The van der Waals surface area contributed by atoms with Crippen LogP contribution in [-0.4, -0.2) is 33.0 Å². The zero-order valence-corrected chi connectivity index (χ0v) is 8.36. The second-order valence-electron chi connectivity index (χ2n) is 1.25. The van der Waals surface area contributed by atoms with Gasteiger partial charge in [0.15, 0.2) is 0 Å². The van der Waals surface area contributed by atoms with Crippen LogP contribution in [0.25, 0.3) is 0 Å². The molecule has 0 atom stereocenters. The van der Waals surface area contributed by atoms with Crippen LogP contribution in [0.2, 0.25) is 0 Å². The molecule has 0 spiro atoms. The molecule has 0 fully saturated rings. The fourth-order valence-electron chi connectivity index (χ4n) is 0.326. The zero-order valence-electron chi connectivity index (χ0n) is 6.73. The molecule has 0 radical (unpaired) electrons. The Balaban J connectivity index is -0.0000000817. The molecule has 0 saturated heterocycles. The summed E-state index contributed by atoms with van der Waals surface area (Å²) in [4.78, 5) is 0. The fourth-order valence-corrected chi connectivity index (χ4v) is 1.33. The molecule has 0 amide bonds. The zero-order chi connectivity index (χ0) is 6.41. The lowest BCUT2D eigenvalue weighted by Crippen LogP contribution is -2.16. The number of rotatable bonds is 2. The van der Waals surface area contributed by atoms with Crippen molar-refractivity contribution >= 4 is 28.3 Å². The topological polar surface area (TPSA) is 107 Å². The molecule has 0 aromatic heterocycles. The van der Waals surface area contributed by atoms with E-state index in [0.29, 0.717) is 0 Å². The highest BCUT2D eigenvalue weighted by molar-refractivity contribution is 8.22. The van der Waals surface area contributed by atoms with Crippen LogP contribution >= 0.6 is 24.0 Å². The first-order chi connectivity index (χ1) is 3.81. The summed E-state index contributed by atoms with van der Waals surface area (Å²) in [5.74, 6) is 1.06. The summed E-state index contributed by atoms with van der Waals surface area (Å²) in [7, 11) is 0. The van der Waals surface area contributed by atoms with Crippen LogP contribution in [0.3, 0.4) is 0 Å². The minimum Gasteiger partial charge on any atom is -0.412 e. The maximum absolute atomic E-state index is 4.90. The second-order valence-corrected chi connectivity index (χ2v) is 3.19. The molecule has 0 rings (SSSR count). The van der Waals surface area contributed by atoms with E-state index in [4.69, 9.17) is 12.2 Å². The van der Waals surface area contributed by atoms with Crippen molar-refractivity contribution in [2.45, 2.75) is 13.8 Å². The Morgan fingerprint density at radius 1 is 1.27 bits per heavy atom. The molecule has 72 valence electrons. The van der Waals surface area contributed by atoms with Gasteiger partial charge in [-0.2, -0.15) is 0 Å². The predicted molar refractivity (Wildman–Crippen MR) is 55.2 cm³/mol. The maximum Gasteiger partial charge on any atom is 0.133 e. The van der Waals surface area contributed by atoms with Gasteiger partial charge in [0, 0.05) is 6.54 Å². The highest BCUT2D eigenvalue weighted by atomic mass is 32.2. The molecule has 6 heteroatoms. The summed E-state index contributed by atoms with van der Waals surface area (Å²) < 4.78 is 0.912. The van der Waals surface area contributed by atoms with Gasteiger partial charge in [0.2, 0.25) is 0 Å². The third kappa shape index (κ3) is 17.8. The Bertz CT molecular complexity index is 74.1. The van der Waals surface area contributed by atoms with Crippen LogP contribution in [0, 0.1) is 0 Å². The number of hydrogen-bond donors (Lipinski definition) is 1. The summed E-state index contributed by atoms with van der Waals surface area (Å²) in [6.45, 7) is 5.07. The first-order valence-corrected chi connectivity index (χ1v) is 4.11. The molecule has 0 unspecified atom stereocenters. The minimum absolute atomic E-state index is 0. The molecule has 4 nitrogen and oxygen atoms in total. The van der Waals surface area contributed by atoms with Gasteiger partial charge in [-0.1, -0.05) is 30.9 Å². The molecular weight excluding hydrogens is 186 g/mol. The SMILES string of the molecule is CCNC(=S)SCC.O.O.O. The van der Waals surface area contributed by atoms with Crippen molar-refractivity contribution in [2.75, 3.05) is 12.3 Å². The van der Waals surface area contributed by atoms with Gasteiger partial charge in [-0.25, -0.2) is 0 Å². The first-order valence-electron chi connectivity index (χ1n) is 2.71. The van der Waals surface area contributed by atoms with Crippen molar-refractivity contribution in [3.63, 3.8) is 0 Å². The van der Waals surface area contributed by atoms with E-state index in [9.17, 15) is 0 Å². The molecule has 7 N–H and O–H groups in total. The molecule has 11 heavy (non-hydrogen) atoms. The summed E-state index contributed by atoms with van der Waals surface area (Å²) in [5, 5.41) is 3.04. The fraction of sp³-hybridized carbons (Fsp3) is 0.800. The summed E-state index contributed by atoms with van der Waals surface area (Å²) >= 11 is 6.58. The van der Waals surface area contributed by atoms with Crippen molar-refractivity contribution in [2.24, 2.45) is 0 Å². The number of nitrogens with one attached hydrogen (secondary N) is 1. The quantitative estimate of drug-likeness (QED) is 0.591. The van der Waals surface area contributed by atoms with Crippen LogP contribution in [0.5, 0.6) is 0 Å². The Labute approximate surface area is 76.7 Å². The summed E-state index contributed by atoms with van der Waals surface area (Å²) in [6, 6.07) is 0. The van der Waals surface area contributed by atoms with E-state index in [-0.39, 0.29) is 16.4 Å². The first kappa shape index (κ1) is 22.5. The van der Waals surface area contributed by atoms with Crippen LogP contribution in [0.15, 0.2) is 0 Å². The van der Waals surface area contributed by atoms with Gasteiger partial charge in [0.05, 0.1) is 0 Å².